The molecular weight excluding hydrogens is 314 g/mol. The lowest BCUT2D eigenvalue weighted by molar-refractivity contribution is 0.1000. The molecule has 3 rings (SSSR count). The van der Waals surface area contributed by atoms with Crippen LogP contribution in [0.3, 0.4) is 0 Å². The molecule has 5 nitrogen and oxygen atoms in total. The highest BCUT2D eigenvalue weighted by Crippen LogP contribution is 2.28. The molecule has 0 radical (unpaired) electrons. The Morgan fingerprint density at radius 1 is 1.24 bits per heavy atom. The van der Waals surface area contributed by atoms with Crippen molar-refractivity contribution >= 4 is 5.91 Å². The summed E-state index contributed by atoms with van der Waals surface area (Å²) in [5, 5.41) is 3.65. The van der Waals surface area contributed by atoms with E-state index in [4.69, 9.17) is 10.5 Å². The standard InChI is InChI=1S/C20H25N3O2/c1-2-3-4-9-22-17-10-14-5-7-18(12-16(14)11-17)25-19-8-6-15(13-23-19)20(21)24/h5-8,12-13,17,22H,2-4,9-11H2,1H3,(H2,21,24). The second kappa shape index (κ2) is 8.12. The van der Waals surface area contributed by atoms with E-state index < -0.39 is 5.91 Å². The first-order valence-corrected chi connectivity index (χ1v) is 8.94. The van der Waals surface area contributed by atoms with E-state index in [9.17, 15) is 4.79 Å². The molecule has 1 amide bonds. The molecule has 132 valence electrons. The van der Waals surface area contributed by atoms with Crippen molar-refractivity contribution in [3.8, 4) is 11.6 Å². The van der Waals surface area contributed by atoms with Crippen molar-refractivity contribution in [1.82, 2.24) is 10.3 Å². The van der Waals surface area contributed by atoms with Crippen LogP contribution in [-0.4, -0.2) is 23.5 Å². The summed E-state index contributed by atoms with van der Waals surface area (Å²) in [6.07, 6.45) is 7.32. The minimum atomic E-state index is -0.492. The van der Waals surface area contributed by atoms with Gasteiger partial charge in [-0.05, 0) is 55.1 Å². The molecule has 1 aliphatic carbocycles. The molecule has 2 aromatic rings. The molecule has 0 fully saturated rings. The van der Waals surface area contributed by atoms with Gasteiger partial charge in [0.15, 0.2) is 0 Å². The Hall–Kier alpha value is -2.40. The molecule has 1 atom stereocenters. The quantitative estimate of drug-likeness (QED) is 0.724. The minimum Gasteiger partial charge on any atom is -0.439 e. The van der Waals surface area contributed by atoms with Crippen molar-refractivity contribution in [1.29, 1.82) is 0 Å². The highest BCUT2D eigenvalue weighted by molar-refractivity contribution is 5.92. The molecule has 1 aliphatic rings. The lowest BCUT2D eigenvalue weighted by atomic mass is 10.1. The normalized spacial score (nSPS) is 15.8. The van der Waals surface area contributed by atoms with Crippen LogP contribution in [0.15, 0.2) is 36.5 Å². The van der Waals surface area contributed by atoms with Crippen molar-refractivity contribution in [2.75, 3.05) is 6.54 Å². The van der Waals surface area contributed by atoms with Crippen LogP contribution in [0.1, 0.15) is 47.7 Å². The second-order valence-electron chi connectivity index (χ2n) is 6.55. The first-order valence-electron chi connectivity index (χ1n) is 8.94. The van der Waals surface area contributed by atoms with E-state index in [1.54, 1.807) is 12.1 Å². The van der Waals surface area contributed by atoms with Crippen LogP contribution in [-0.2, 0) is 12.8 Å². The largest absolute Gasteiger partial charge is 0.439 e. The summed E-state index contributed by atoms with van der Waals surface area (Å²) in [5.74, 6) is 0.732. The van der Waals surface area contributed by atoms with Gasteiger partial charge in [-0.15, -0.1) is 0 Å². The van der Waals surface area contributed by atoms with Crippen molar-refractivity contribution in [2.45, 2.75) is 45.1 Å². The van der Waals surface area contributed by atoms with Gasteiger partial charge in [-0.3, -0.25) is 4.79 Å². The third-order valence-corrected chi connectivity index (χ3v) is 4.57. The fourth-order valence-electron chi connectivity index (χ4n) is 3.19. The van der Waals surface area contributed by atoms with Gasteiger partial charge in [0.1, 0.15) is 5.75 Å². The molecule has 5 heteroatoms. The molecule has 0 saturated carbocycles. The SMILES string of the molecule is CCCCCNC1Cc2ccc(Oc3ccc(C(N)=O)cn3)cc2C1. The lowest BCUT2D eigenvalue weighted by Crippen LogP contribution is -2.30. The number of pyridine rings is 1. The third kappa shape index (κ3) is 4.57. The third-order valence-electron chi connectivity index (χ3n) is 4.57. The molecular formula is C20H25N3O2. The first kappa shape index (κ1) is 17.4. The Labute approximate surface area is 148 Å². The molecule has 0 aliphatic heterocycles. The van der Waals surface area contributed by atoms with Crippen LogP contribution < -0.4 is 15.8 Å². The summed E-state index contributed by atoms with van der Waals surface area (Å²) in [7, 11) is 0. The van der Waals surface area contributed by atoms with Gasteiger partial charge in [0.2, 0.25) is 11.8 Å². The number of nitrogens with one attached hydrogen (secondary N) is 1. The number of unbranched alkanes of at least 4 members (excludes halogenated alkanes) is 2. The number of benzene rings is 1. The van der Waals surface area contributed by atoms with E-state index in [1.165, 1.54) is 36.6 Å². The Morgan fingerprint density at radius 3 is 2.80 bits per heavy atom. The molecule has 25 heavy (non-hydrogen) atoms. The summed E-state index contributed by atoms with van der Waals surface area (Å²) < 4.78 is 5.80. The molecule has 1 heterocycles. The predicted molar refractivity (Wildman–Crippen MR) is 98.0 cm³/mol. The number of ether oxygens (including phenoxy) is 1. The number of nitrogens with two attached hydrogens (primary N) is 1. The number of primary amides is 1. The van der Waals surface area contributed by atoms with Gasteiger partial charge in [0.25, 0.3) is 0 Å². The fourth-order valence-corrected chi connectivity index (χ4v) is 3.19. The summed E-state index contributed by atoms with van der Waals surface area (Å²) in [6.45, 7) is 3.31. The van der Waals surface area contributed by atoms with Gasteiger partial charge >= 0.3 is 0 Å². The van der Waals surface area contributed by atoms with Gasteiger partial charge in [-0.1, -0.05) is 25.8 Å². The number of hydrogen-bond donors (Lipinski definition) is 2. The van der Waals surface area contributed by atoms with Gasteiger partial charge in [-0.25, -0.2) is 4.98 Å². The topological polar surface area (TPSA) is 77.2 Å². The molecule has 0 saturated heterocycles. The number of amides is 1. The molecule has 3 N–H and O–H groups in total. The molecule has 0 bridgehead atoms. The highest BCUT2D eigenvalue weighted by Gasteiger charge is 2.21. The average molecular weight is 339 g/mol. The predicted octanol–water partition coefficient (Wildman–Crippen LogP) is 3.22. The van der Waals surface area contributed by atoms with Crippen molar-refractivity contribution < 1.29 is 9.53 Å². The van der Waals surface area contributed by atoms with Crippen LogP contribution in [0.4, 0.5) is 0 Å². The van der Waals surface area contributed by atoms with Crippen LogP contribution in [0.25, 0.3) is 0 Å². The second-order valence-corrected chi connectivity index (χ2v) is 6.55. The number of rotatable bonds is 8. The van der Waals surface area contributed by atoms with E-state index in [0.717, 1.165) is 25.1 Å². The van der Waals surface area contributed by atoms with E-state index in [-0.39, 0.29) is 0 Å². The monoisotopic (exact) mass is 339 g/mol. The zero-order valence-electron chi connectivity index (χ0n) is 14.6. The summed E-state index contributed by atoms with van der Waals surface area (Å²) in [6, 6.07) is 10.00. The van der Waals surface area contributed by atoms with Gasteiger partial charge in [0.05, 0.1) is 5.56 Å². The summed E-state index contributed by atoms with van der Waals surface area (Å²) in [4.78, 5) is 15.2. The van der Waals surface area contributed by atoms with Crippen molar-refractivity contribution in [3.63, 3.8) is 0 Å². The first-order chi connectivity index (χ1) is 12.2. The van der Waals surface area contributed by atoms with Crippen LogP contribution in [0, 0.1) is 0 Å². The van der Waals surface area contributed by atoms with E-state index in [0.29, 0.717) is 17.5 Å². The smallest absolute Gasteiger partial charge is 0.250 e. The summed E-state index contributed by atoms with van der Waals surface area (Å²) >= 11 is 0. The maximum atomic E-state index is 11.1. The van der Waals surface area contributed by atoms with Crippen LogP contribution >= 0.6 is 0 Å². The maximum Gasteiger partial charge on any atom is 0.250 e. The van der Waals surface area contributed by atoms with E-state index >= 15 is 0 Å². The molecule has 1 aromatic carbocycles. The Bertz CT molecular complexity index is 728. The minimum absolute atomic E-state index is 0.373. The van der Waals surface area contributed by atoms with E-state index in [2.05, 4.69) is 29.4 Å². The van der Waals surface area contributed by atoms with Gasteiger partial charge < -0.3 is 15.8 Å². The van der Waals surface area contributed by atoms with Gasteiger partial charge in [0, 0.05) is 18.3 Å². The maximum absolute atomic E-state index is 11.1. The number of carbonyl (C=O) groups is 1. The Morgan fingerprint density at radius 2 is 2.08 bits per heavy atom. The fraction of sp³-hybridized carbons (Fsp3) is 0.400. The Balaban J connectivity index is 1.58. The number of nitrogens with zero attached hydrogens (tertiary/aromatic N) is 1. The number of hydrogen-bond acceptors (Lipinski definition) is 4. The van der Waals surface area contributed by atoms with Crippen LogP contribution in [0.5, 0.6) is 11.6 Å². The Kier molecular flexibility index (Phi) is 5.66. The van der Waals surface area contributed by atoms with Crippen molar-refractivity contribution in [2.24, 2.45) is 5.73 Å². The number of fused-ring (bicyclic) bond motifs is 1. The van der Waals surface area contributed by atoms with E-state index in [1.807, 2.05) is 6.07 Å². The van der Waals surface area contributed by atoms with Gasteiger partial charge in [-0.2, -0.15) is 0 Å². The molecule has 0 spiro atoms. The highest BCUT2D eigenvalue weighted by atomic mass is 16.5. The van der Waals surface area contributed by atoms with Crippen molar-refractivity contribution in [3.05, 3.63) is 53.2 Å². The zero-order chi connectivity index (χ0) is 17.6. The zero-order valence-corrected chi connectivity index (χ0v) is 14.6. The molecule has 1 unspecified atom stereocenters. The lowest BCUT2D eigenvalue weighted by Gasteiger charge is -2.11. The average Bonchev–Trinajstić information content (AvgIpc) is 3.01. The van der Waals surface area contributed by atoms with Crippen LogP contribution in [0.2, 0.25) is 0 Å². The number of carbonyl (C=O) groups excluding carboxylic acids is 1. The molecule has 1 aromatic heterocycles. The number of aromatic nitrogens is 1. The summed E-state index contributed by atoms with van der Waals surface area (Å²) in [5.41, 5.74) is 8.31.